The van der Waals surface area contributed by atoms with Crippen LogP contribution in [0.15, 0.2) is 24.3 Å². The highest BCUT2D eigenvalue weighted by atomic mass is 16.3. The van der Waals surface area contributed by atoms with E-state index in [2.05, 4.69) is 17.4 Å². The SMILES string of the molecule is CN(C(=O)C1CCCc2ccccc21)[C@@H]1CNC[C@H]1O. The van der Waals surface area contributed by atoms with Crippen LogP contribution in [-0.4, -0.2) is 48.2 Å². The highest BCUT2D eigenvalue weighted by Gasteiger charge is 2.35. The summed E-state index contributed by atoms with van der Waals surface area (Å²) in [5, 5.41) is 13.1. The molecule has 1 unspecified atom stereocenters. The number of aliphatic hydroxyl groups is 1. The van der Waals surface area contributed by atoms with Gasteiger partial charge in [-0.05, 0) is 30.4 Å². The molecule has 0 spiro atoms. The number of nitrogens with zero attached hydrogens (tertiary/aromatic N) is 1. The highest BCUT2D eigenvalue weighted by molar-refractivity contribution is 5.84. The second kappa shape index (κ2) is 5.54. The lowest BCUT2D eigenvalue weighted by Gasteiger charge is -2.32. The standard InChI is InChI=1S/C16H22N2O2/c1-18(14-9-17-10-15(14)19)16(20)13-8-4-6-11-5-2-3-7-12(11)13/h2-3,5,7,13-15,17,19H,4,6,8-10H2,1H3/t13?,14-,15-/m1/s1. The summed E-state index contributed by atoms with van der Waals surface area (Å²) in [6.07, 6.45) is 2.59. The molecule has 0 bridgehead atoms. The van der Waals surface area contributed by atoms with Crippen molar-refractivity contribution < 1.29 is 9.90 Å². The second-order valence-electron chi connectivity index (χ2n) is 5.89. The molecule has 1 aromatic rings. The van der Waals surface area contributed by atoms with Gasteiger partial charge in [0, 0.05) is 20.1 Å². The van der Waals surface area contributed by atoms with Crippen molar-refractivity contribution in [3.05, 3.63) is 35.4 Å². The number of likely N-dealkylation sites (N-methyl/N-ethyl adjacent to an activating group) is 1. The molecule has 2 aliphatic rings. The Bertz CT molecular complexity index is 503. The first-order valence-corrected chi connectivity index (χ1v) is 7.41. The molecule has 4 heteroatoms. The van der Waals surface area contributed by atoms with Crippen molar-refractivity contribution in [1.29, 1.82) is 0 Å². The molecule has 4 nitrogen and oxygen atoms in total. The van der Waals surface area contributed by atoms with Crippen LogP contribution in [-0.2, 0) is 11.2 Å². The number of aryl methyl sites for hydroxylation is 1. The van der Waals surface area contributed by atoms with Crippen LogP contribution in [0.5, 0.6) is 0 Å². The Hall–Kier alpha value is -1.39. The van der Waals surface area contributed by atoms with Crippen molar-refractivity contribution >= 4 is 5.91 Å². The van der Waals surface area contributed by atoms with Crippen molar-refractivity contribution in [3.63, 3.8) is 0 Å². The lowest BCUT2D eigenvalue weighted by atomic mass is 9.82. The third kappa shape index (κ3) is 2.34. The predicted octanol–water partition coefficient (Wildman–Crippen LogP) is 0.898. The average Bonchev–Trinajstić information content (AvgIpc) is 2.91. The maximum absolute atomic E-state index is 12.8. The van der Waals surface area contributed by atoms with Gasteiger partial charge in [0.1, 0.15) is 0 Å². The maximum atomic E-state index is 12.8. The van der Waals surface area contributed by atoms with Gasteiger partial charge in [-0.15, -0.1) is 0 Å². The summed E-state index contributed by atoms with van der Waals surface area (Å²) in [6.45, 7) is 1.25. The smallest absolute Gasteiger partial charge is 0.230 e. The van der Waals surface area contributed by atoms with Gasteiger partial charge in [-0.1, -0.05) is 24.3 Å². The fourth-order valence-corrected chi connectivity index (χ4v) is 3.47. The Morgan fingerprint density at radius 1 is 1.35 bits per heavy atom. The van der Waals surface area contributed by atoms with Gasteiger partial charge in [0.25, 0.3) is 0 Å². The number of nitrogens with one attached hydrogen (secondary N) is 1. The minimum atomic E-state index is -0.456. The van der Waals surface area contributed by atoms with Crippen LogP contribution in [0.3, 0.4) is 0 Å². The topological polar surface area (TPSA) is 52.6 Å². The fraction of sp³-hybridized carbons (Fsp3) is 0.562. The van der Waals surface area contributed by atoms with Gasteiger partial charge >= 0.3 is 0 Å². The Morgan fingerprint density at radius 2 is 2.15 bits per heavy atom. The first kappa shape index (κ1) is 13.6. The monoisotopic (exact) mass is 274 g/mol. The van der Waals surface area contributed by atoms with E-state index in [0.717, 1.165) is 19.3 Å². The molecule has 1 fully saturated rings. The molecule has 3 atom stereocenters. The summed E-state index contributed by atoms with van der Waals surface area (Å²) in [7, 11) is 1.82. The molecule has 1 heterocycles. The Kier molecular flexibility index (Phi) is 3.76. The van der Waals surface area contributed by atoms with E-state index in [0.29, 0.717) is 13.1 Å². The summed E-state index contributed by atoms with van der Waals surface area (Å²) in [6, 6.07) is 8.16. The van der Waals surface area contributed by atoms with Gasteiger partial charge in [-0.2, -0.15) is 0 Å². The summed E-state index contributed by atoms with van der Waals surface area (Å²) in [5.41, 5.74) is 2.48. The molecule has 0 saturated carbocycles. The van der Waals surface area contributed by atoms with Gasteiger partial charge in [0.05, 0.1) is 18.1 Å². The molecule has 1 amide bonds. The van der Waals surface area contributed by atoms with E-state index in [1.807, 2.05) is 19.2 Å². The number of amides is 1. The molecular formula is C16H22N2O2. The zero-order valence-corrected chi connectivity index (χ0v) is 11.9. The average molecular weight is 274 g/mol. The van der Waals surface area contributed by atoms with Crippen molar-refractivity contribution in [3.8, 4) is 0 Å². The zero-order valence-electron chi connectivity index (χ0n) is 11.9. The van der Waals surface area contributed by atoms with Crippen LogP contribution < -0.4 is 5.32 Å². The van der Waals surface area contributed by atoms with Gasteiger partial charge in [0.2, 0.25) is 5.91 Å². The van der Waals surface area contributed by atoms with E-state index < -0.39 is 6.10 Å². The number of hydrogen-bond acceptors (Lipinski definition) is 3. The molecule has 108 valence electrons. The number of β-amino-alcohol motifs (C(OH)–C–C–N with tert-alkyl or cyclic N) is 1. The summed E-state index contributed by atoms with van der Waals surface area (Å²) in [5.74, 6) is 0.0997. The van der Waals surface area contributed by atoms with Crippen LogP contribution in [0.25, 0.3) is 0 Å². The van der Waals surface area contributed by atoms with E-state index in [-0.39, 0.29) is 17.9 Å². The number of benzene rings is 1. The minimum Gasteiger partial charge on any atom is -0.390 e. The largest absolute Gasteiger partial charge is 0.390 e. The number of fused-ring (bicyclic) bond motifs is 1. The first-order chi connectivity index (χ1) is 9.68. The summed E-state index contributed by atoms with van der Waals surface area (Å²) >= 11 is 0. The van der Waals surface area contributed by atoms with E-state index >= 15 is 0 Å². The minimum absolute atomic E-state index is 0.0438. The lowest BCUT2D eigenvalue weighted by Crippen LogP contribution is -2.46. The van der Waals surface area contributed by atoms with E-state index in [1.165, 1.54) is 11.1 Å². The van der Waals surface area contributed by atoms with Gasteiger partial charge < -0.3 is 15.3 Å². The highest BCUT2D eigenvalue weighted by Crippen LogP contribution is 2.33. The fourth-order valence-electron chi connectivity index (χ4n) is 3.47. The Balaban J connectivity index is 1.81. The van der Waals surface area contributed by atoms with Crippen LogP contribution in [0, 0.1) is 0 Å². The quantitative estimate of drug-likeness (QED) is 0.842. The van der Waals surface area contributed by atoms with Gasteiger partial charge in [-0.3, -0.25) is 4.79 Å². The van der Waals surface area contributed by atoms with Gasteiger partial charge in [-0.25, -0.2) is 0 Å². The number of rotatable bonds is 2. The normalized spacial score (nSPS) is 29.0. The van der Waals surface area contributed by atoms with Crippen molar-refractivity contribution in [1.82, 2.24) is 10.2 Å². The molecule has 1 aliphatic carbocycles. The third-order valence-electron chi connectivity index (χ3n) is 4.66. The molecule has 0 aromatic heterocycles. The van der Waals surface area contributed by atoms with Gasteiger partial charge in [0.15, 0.2) is 0 Å². The van der Waals surface area contributed by atoms with Crippen LogP contribution in [0.1, 0.15) is 29.9 Å². The van der Waals surface area contributed by atoms with Crippen LogP contribution in [0.4, 0.5) is 0 Å². The number of carbonyl (C=O) groups is 1. The van der Waals surface area contributed by atoms with Crippen molar-refractivity contribution in [2.45, 2.75) is 37.3 Å². The predicted molar refractivity (Wildman–Crippen MR) is 77.6 cm³/mol. The number of hydrogen-bond donors (Lipinski definition) is 2. The second-order valence-corrected chi connectivity index (χ2v) is 5.89. The Labute approximate surface area is 119 Å². The van der Waals surface area contributed by atoms with E-state index in [1.54, 1.807) is 4.90 Å². The number of aliphatic hydroxyl groups excluding tert-OH is 1. The van der Waals surface area contributed by atoms with Crippen molar-refractivity contribution in [2.24, 2.45) is 0 Å². The van der Waals surface area contributed by atoms with Crippen molar-refractivity contribution in [2.75, 3.05) is 20.1 Å². The molecular weight excluding hydrogens is 252 g/mol. The lowest BCUT2D eigenvalue weighted by molar-refractivity contribution is -0.135. The molecule has 1 aromatic carbocycles. The molecule has 1 saturated heterocycles. The van der Waals surface area contributed by atoms with E-state index in [4.69, 9.17) is 0 Å². The van der Waals surface area contributed by atoms with Crippen LogP contribution in [0.2, 0.25) is 0 Å². The summed E-state index contributed by atoms with van der Waals surface area (Å²) in [4.78, 5) is 14.5. The molecule has 2 N–H and O–H groups in total. The molecule has 20 heavy (non-hydrogen) atoms. The Morgan fingerprint density at radius 3 is 2.90 bits per heavy atom. The third-order valence-corrected chi connectivity index (χ3v) is 4.66. The van der Waals surface area contributed by atoms with Crippen LogP contribution >= 0.6 is 0 Å². The van der Waals surface area contributed by atoms with E-state index in [9.17, 15) is 9.90 Å². The first-order valence-electron chi connectivity index (χ1n) is 7.41. The maximum Gasteiger partial charge on any atom is 0.230 e. The molecule has 3 rings (SSSR count). The molecule has 0 radical (unpaired) electrons. The summed E-state index contributed by atoms with van der Waals surface area (Å²) < 4.78 is 0. The number of carbonyl (C=O) groups excluding carboxylic acids is 1. The zero-order chi connectivity index (χ0) is 14.1. The molecule has 1 aliphatic heterocycles.